The van der Waals surface area contributed by atoms with Gasteiger partial charge >= 0.3 is 0 Å². The summed E-state index contributed by atoms with van der Waals surface area (Å²) in [5.74, 6) is 0.944. The zero-order chi connectivity index (χ0) is 20.6. The minimum Gasteiger partial charge on any atom is -0.492 e. The summed E-state index contributed by atoms with van der Waals surface area (Å²) in [6, 6.07) is 15.2. The third-order valence-corrected chi connectivity index (χ3v) is 5.35. The standard InChI is InChI=1S/C22H26N4O2S/c1-3-15-6-5-7-16(14-15)19(27)20-21(23)26-22(29-20)25-17-8-10-18(11-9-17)28-13-12-24-4-2/h5-11,14,24H,3-4,12-13,23H2,1-2H3,(H,25,26). The fourth-order valence-corrected chi connectivity index (χ4v) is 3.65. The van der Waals surface area contributed by atoms with Gasteiger partial charge in [-0.15, -0.1) is 0 Å². The molecule has 6 nitrogen and oxygen atoms in total. The predicted molar refractivity (Wildman–Crippen MR) is 120 cm³/mol. The molecule has 1 heterocycles. The van der Waals surface area contributed by atoms with Crippen molar-refractivity contribution in [3.05, 3.63) is 64.5 Å². The van der Waals surface area contributed by atoms with Crippen molar-refractivity contribution in [1.82, 2.24) is 10.3 Å². The third-order valence-electron chi connectivity index (χ3n) is 4.36. The maximum atomic E-state index is 12.8. The molecule has 0 saturated carbocycles. The van der Waals surface area contributed by atoms with E-state index in [4.69, 9.17) is 10.5 Å². The SMILES string of the molecule is CCNCCOc1ccc(Nc2nc(N)c(C(=O)c3cccc(CC)c3)s2)cc1. The quantitative estimate of drug-likeness (QED) is 0.342. The lowest BCUT2D eigenvalue weighted by molar-refractivity contribution is 0.104. The van der Waals surface area contributed by atoms with Gasteiger partial charge in [0.1, 0.15) is 23.1 Å². The highest BCUT2D eigenvalue weighted by atomic mass is 32.1. The number of aromatic nitrogens is 1. The molecule has 0 spiro atoms. The van der Waals surface area contributed by atoms with E-state index < -0.39 is 0 Å². The number of thiazole rings is 1. The molecule has 152 valence electrons. The molecule has 0 aliphatic carbocycles. The zero-order valence-corrected chi connectivity index (χ0v) is 17.5. The number of benzene rings is 2. The van der Waals surface area contributed by atoms with Gasteiger partial charge in [-0.25, -0.2) is 4.98 Å². The van der Waals surface area contributed by atoms with Crippen LogP contribution in [-0.4, -0.2) is 30.5 Å². The molecule has 0 bridgehead atoms. The van der Waals surface area contributed by atoms with Crippen molar-refractivity contribution in [3.63, 3.8) is 0 Å². The number of nitrogens with zero attached hydrogens (tertiary/aromatic N) is 1. The summed E-state index contributed by atoms with van der Waals surface area (Å²) in [5, 5.41) is 7.00. The molecule has 0 aliphatic heterocycles. The zero-order valence-electron chi connectivity index (χ0n) is 16.7. The normalized spacial score (nSPS) is 10.7. The summed E-state index contributed by atoms with van der Waals surface area (Å²) in [7, 11) is 0. The molecule has 2 aromatic carbocycles. The van der Waals surface area contributed by atoms with Crippen LogP contribution in [0.15, 0.2) is 48.5 Å². The molecule has 3 aromatic rings. The van der Waals surface area contributed by atoms with Crippen LogP contribution in [0.5, 0.6) is 5.75 Å². The third kappa shape index (κ3) is 5.56. The van der Waals surface area contributed by atoms with Gasteiger partial charge in [0.25, 0.3) is 0 Å². The predicted octanol–water partition coefficient (Wildman–Crippen LogP) is 4.25. The van der Waals surface area contributed by atoms with E-state index in [2.05, 4.69) is 29.5 Å². The molecule has 0 radical (unpaired) electrons. The Labute approximate surface area is 175 Å². The van der Waals surface area contributed by atoms with Gasteiger partial charge in [0, 0.05) is 17.8 Å². The van der Waals surface area contributed by atoms with Gasteiger partial charge in [-0.1, -0.05) is 43.4 Å². The van der Waals surface area contributed by atoms with Crippen LogP contribution in [0.3, 0.4) is 0 Å². The average Bonchev–Trinajstić information content (AvgIpc) is 3.11. The first-order chi connectivity index (χ1) is 14.1. The number of nitrogens with one attached hydrogen (secondary N) is 2. The fourth-order valence-electron chi connectivity index (χ4n) is 2.79. The van der Waals surface area contributed by atoms with Crippen LogP contribution >= 0.6 is 11.3 Å². The molecule has 0 atom stereocenters. The molecule has 0 unspecified atom stereocenters. The first-order valence-electron chi connectivity index (χ1n) is 9.71. The second-order valence-corrected chi connectivity index (χ2v) is 7.47. The van der Waals surface area contributed by atoms with Crippen LogP contribution in [0, 0.1) is 0 Å². The van der Waals surface area contributed by atoms with Crippen molar-refractivity contribution in [2.45, 2.75) is 20.3 Å². The minimum absolute atomic E-state index is 0.104. The lowest BCUT2D eigenvalue weighted by Crippen LogP contribution is -2.20. The summed E-state index contributed by atoms with van der Waals surface area (Å²) < 4.78 is 5.67. The van der Waals surface area contributed by atoms with Crippen LogP contribution in [0.1, 0.15) is 34.6 Å². The average molecular weight is 411 g/mol. The molecule has 0 saturated heterocycles. The van der Waals surface area contributed by atoms with Crippen molar-refractivity contribution < 1.29 is 9.53 Å². The van der Waals surface area contributed by atoms with Gasteiger partial charge in [0.2, 0.25) is 5.78 Å². The highest BCUT2D eigenvalue weighted by Gasteiger charge is 2.18. The van der Waals surface area contributed by atoms with Crippen LogP contribution in [0.4, 0.5) is 16.6 Å². The lowest BCUT2D eigenvalue weighted by atomic mass is 10.1. The van der Waals surface area contributed by atoms with Crippen molar-refractivity contribution in [1.29, 1.82) is 0 Å². The number of hydrogen-bond acceptors (Lipinski definition) is 7. The maximum Gasteiger partial charge on any atom is 0.206 e. The molecule has 4 N–H and O–H groups in total. The minimum atomic E-state index is -0.104. The summed E-state index contributed by atoms with van der Waals surface area (Å²) in [6.07, 6.45) is 0.876. The Balaban J connectivity index is 1.66. The van der Waals surface area contributed by atoms with E-state index in [0.29, 0.717) is 22.2 Å². The van der Waals surface area contributed by atoms with Crippen LogP contribution in [0.25, 0.3) is 0 Å². The monoisotopic (exact) mass is 410 g/mol. The summed E-state index contributed by atoms with van der Waals surface area (Å²) in [6.45, 7) is 6.48. The Morgan fingerprint density at radius 2 is 1.97 bits per heavy atom. The van der Waals surface area contributed by atoms with Gasteiger partial charge in [-0.3, -0.25) is 4.79 Å². The van der Waals surface area contributed by atoms with Gasteiger partial charge in [-0.2, -0.15) is 0 Å². The van der Waals surface area contributed by atoms with Crippen molar-refractivity contribution in [3.8, 4) is 5.75 Å². The van der Waals surface area contributed by atoms with Gasteiger partial charge in [-0.05, 0) is 48.9 Å². The number of carbonyl (C=O) groups is 1. The number of ether oxygens (including phenoxy) is 1. The number of aryl methyl sites for hydroxylation is 1. The Kier molecular flexibility index (Phi) is 7.21. The van der Waals surface area contributed by atoms with Crippen LogP contribution in [0.2, 0.25) is 0 Å². The largest absolute Gasteiger partial charge is 0.492 e. The molecule has 3 rings (SSSR count). The Morgan fingerprint density at radius 1 is 1.17 bits per heavy atom. The van der Waals surface area contributed by atoms with Crippen LogP contribution < -0.4 is 21.1 Å². The van der Waals surface area contributed by atoms with Crippen molar-refractivity contribution in [2.24, 2.45) is 0 Å². The molecular formula is C22H26N4O2S. The Hall–Kier alpha value is -2.90. The number of nitrogen functional groups attached to an aromatic ring is 1. The first kappa shape index (κ1) is 20.8. The van der Waals surface area contributed by atoms with E-state index in [-0.39, 0.29) is 11.6 Å². The van der Waals surface area contributed by atoms with E-state index in [9.17, 15) is 4.79 Å². The lowest BCUT2D eigenvalue weighted by Gasteiger charge is -2.07. The topological polar surface area (TPSA) is 89.3 Å². The molecule has 7 heteroatoms. The molecule has 1 aromatic heterocycles. The molecule has 0 amide bonds. The first-order valence-corrected chi connectivity index (χ1v) is 10.5. The van der Waals surface area contributed by atoms with E-state index >= 15 is 0 Å². The van der Waals surface area contributed by atoms with Gasteiger partial charge < -0.3 is 21.1 Å². The van der Waals surface area contributed by atoms with Crippen molar-refractivity contribution in [2.75, 3.05) is 30.7 Å². The summed E-state index contributed by atoms with van der Waals surface area (Å²) in [5.41, 5.74) is 8.62. The highest BCUT2D eigenvalue weighted by Crippen LogP contribution is 2.30. The number of nitrogens with two attached hydrogens (primary N) is 1. The van der Waals surface area contributed by atoms with Gasteiger partial charge in [0.05, 0.1) is 0 Å². The van der Waals surface area contributed by atoms with Crippen LogP contribution in [-0.2, 0) is 6.42 Å². The number of ketones is 1. The Bertz CT molecular complexity index is 954. The number of rotatable bonds is 10. The smallest absolute Gasteiger partial charge is 0.206 e. The van der Waals surface area contributed by atoms with Gasteiger partial charge in [0.15, 0.2) is 5.13 Å². The molecule has 0 aliphatic rings. The van der Waals surface area contributed by atoms with Crippen molar-refractivity contribution >= 4 is 33.8 Å². The summed E-state index contributed by atoms with van der Waals surface area (Å²) >= 11 is 1.26. The van der Waals surface area contributed by atoms with E-state index in [0.717, 1.165) is 36.5 Å². The number of hydrogen-bond donors (Lipinski definition) is 3. The number of likely N-dealkylation sites (N-methyl/N-ethyl adjacent to an activating group) is 1. The molecular weight excluding hydrogens is 384 g/mol. The highest BCUT2D eigenvalue weighted by molar-refractivity contribution is 7.18. The number of carbonyl (C=O) groups excluding carboxylic acids is 1. The summed E-state index contributed by atoms with van der Waals surface area (Å²) in [4.78, 5) is 17.6. The van der Waals surface area contributed by atoms with E-state index in [1.54, 1.807) is 0 Å². The molecule has 0 fully saturated rings. The van der Waals surface area contributed by atoms with E-state index in [1.807, 2.05) is 48.5 Å². The number of anilines is 3. The second-order valence-electron chi connectivity index (χ2n) is 6.47. The van der Waals surface area contributed by atoms with E-state index in [1.165, 1.54) is 11.3 Å². The fraction of sp³-hybridized carbons (Fsp3) is 0.273. The molecule has 29 heavy (non-hydrogen) atoms. The maximum absolute atomic E-state index is 12.8. The second kappa shape index (κ2) is 10.0. The Morgan fingerprint density at radius 3 is 2.69 bits per heavy atom.